The summed E-state index contributed by atoms with van der Waals surface area (Å²) in [5, 5.41) is 6.02. The van der Waals surface area contributed by atoms with Crippen molar-refractivity contribution in [2.75, 3.05) is 19.4 Å². The van der Waals surface area contributed by atoms with Crippen LogP contribution < -0.4 is 16.4 Å². The summed E-state index contributed by atoms with van der Waals surface area (Å²) < 4.78 is 15.7. The molecule has 0 radical (unpaired) electrons. The molecule has 4 N–H and O–H groups in total. The smallest absolute Gasteiger partial charge is 0.229 e. The van der Waals surface area contributed by atoms with Crippen LogP contribution in [0.5, 0.6) is 0 Å². The van der Waals surface area contributed by atoms with Gasteiger partial charge in [-0.1, -0.05) is 46.9 Å². The lowest BCUT2D eigenvalue weighted by Gasteiger charge is -2.18. The maximum Gasteiger partial charge on any atom is 0.229 e. The first-order valence-electron chi connectivity index (χ1n) is 14.8. The number of carbonyl (C=O) groups is 1. The van der Waals surface area contributed by atoms with Crippen molar-refractivity contribution in [3.8, 4) is 11.3 Å². The Bertz CT molecular complexity index is 1790. The number of rotatable bonds is 7. The van der Waals surface area contributed by atoms with Gasteiger partial charge < -0.3 is 16.0 Å². The van der Waals surface area contributed by atoms with Crippen LogP contribution in [0.1, 0.15) is 41.5 Å². The van der Waals surface area contributed by atoms with Crippen LogP contribution in [-0.4, -0.2) is 52.6 Å². The fraction of sp³-hybridized carbons (Fsp3) is 0.265. The van der Waals surface area contributed by atoms with Crippen LogP contribution in [-0.2, 0) is 15.8 Å². The quantitative estimate of drug-likeness (QED) is 0.0920. The lowest BCUT2D eigenvalue weighted by atomic mass is 9.93. The number of alkyl halides is 1. The van der Waals surface area contributed by atoms with E-state index in [4.69, 9.17) is 15.7 Å². The number of fused-ring (bicyclic) bond motifs is 3. The first-order chi connectivity index (χ1) is 21.8. The Morgan fingerprint density at radius 2 is 1.87 bits per heavy atom. The Kier molecular flexibility index (Phi) is 9.17. The Morgan fingerprint density at radius 1 is 1.07 bits per heavy atom. The third-order valence-electron chi connectivity index (χ3n) is 8.28. The molecule has 45 heavy (non-hydrogen) atoms. The summed E-state index contributed by atoms with van der Waals surface area (Å²) in [7, 11) is 4.08. The van der Waals surface area contributed by atoms with Crippen LogP contribution >= 0.6 is 22.6 Å². The van der Waals surface area contributed by atoms with Crippen molar-refractivity contribution in [3.63, 3.8) is 0 Å². The number of nitrogens with zero attached hydrogens (tertiary/aromatic N) is 5. The van der Waals surface area contributed by atoms with E-state index >= 15 is 0 Å². The Balaban J connectivity index is 1.19. The molecule has 3 aromatic carbocycles. The molecule has 1 amide bonds. The van der Waals surface area contributed by atoms with Crippen molar-refractivity contribution < 1.29 is 9.18 Å². The summed E-state index contributed by atoms with van der Waals surface area (Å²) in [6.45, 7) is 0.329. The maximum absolute atomic E-state index is 14.9. The third-order valence-corrected chi connectivity index (χ3v) is 9.16. The number of hydrogen-bond acceptors (Lipinski definition) is 7. The van der Waals surface area contributed by atoms with E-state index in [1.807, 2.05) is 38.4 Å². The van der Waals surface area contributed by atoms with Crippen LogP contribution in [0.3, 0.4) is 0 Å². The first kappa shape index (κ1) is 30.8. The van der Waals surface area contributed by atoms with Crippen molar-refractivity contribution in [3.05, 3.63) is 101 Å². The van der Waals surface area contributed by atoms with Gasteiger partial charge in [-0.3, -0.25) is 15.1 Å². The number of halogens is 2. The molecule has 9 nitrogen and oxygen atoms in total. The normalized spacial score (nSPS) is 17.7. The second-order valence-electron chi connectivity index (χ2n) is 11.5. The highest BCUT2D eigenvalue weighted by atomic mass is 127. The van der Waals surface area contributed by atoms with Crippen LogP contribution in [0.25, 0.3) is 11.3 Å². The number of benzene rings is 3. The zero-order valence-electron chi connectivity index (χ0n) is 25.1. The molecule has 0 saturated heterocycles. The molecule has 2 unspecified atom stereocenters. The fourth-order valence-corrected chi connectivity index (χ4v) is 6.31. The highest BCUT2D eigenvalue weighted by Crippen LogP contribution is 2.34. The largest absolute Gasteiger partial charge is 0.369 e. The standard InChI is InChI=1S/C34H34FIN8O/c1-44(2)25-13-8-21(16-25)32(45)43-33(37)40-23-9-11-24(12-10-23)41-34-39-19-22-18-38-31(27-5-3-4-6-29(27)35)28-15-20(17-36)7-14-26(28)30(22)42-34/h3-7,9-12,14-15,19,21,25H,8,13,16-18H2,1-2H3,(H,39,41,42)(H3,37,40,43,45). The monoisotopic (exact) mass is 716 g/mol. The molecule has 1 saturated carbocycles. The summed E-state index contributed by atoms with van der Waals surface area (Å²) in [4.78, 5) is 33.5. The molecule has 230 valence electrons. The van der Waals surface area contributed by atoms with Gasteiger partial charge in [0.05, 0.1) is 23.6 Å². The van der Waals surface area contributed by atoms with Gasteiger partial charge in [-0.15, -0.1) is 0 Å². The topological polar surface area (TPSA) is 121 Å². The predicted octanol–water partition coefficient (Wildman–Crippen LogP) is 6.11. The molecule has 1 aliphatic carbocycles. The minimum atomic E-state index is -0.314. The van der Waals surface area contributed by atoms with Gasteiger partial charge in [-0.2, -0.15) is 0 Å². The number of aromatic nitrogens is 2. The molecule has 2 heterocycles. The minimum Gasteiger partial charge on any atom is -0.369 e. The number of guanidine groups is 1. The van der Waals surface area contributed by atoms with Crippen molar-refractivity contribution in [2.45, 2.75) is 36.3 Å². The van der Waals surface area contributed by atoms with E-state index in [1.165, 1.54) is 6.07 Å². The lowest BCUT2D eigenvalue weighted by Crippen LogP contribution is -2.40. The van der Waals surface area contributed by atoms with Crippen molar-refractivity contribution in [1.82, 2.24) is 20.2 Å². The summed E-state index contributed by atoms with van der Waals surface area (Å²) in [5.74, 6) is 0.0341. The molecule has 1 aliphatic heterocycles. The molecular weight excluding hydrogens is 682 g/mol. The van der Waals surface area contributed by atoms with Crippen LogP contribution in [0, 0.1) is 11.7 Å². The van der Waals surface area contributed by atoms with E-state index in [2.05, 4.69) is 60.2 Å². The van der Waals surface area contributed by atoms with E-state index in [1.54, 1.807) is 30.5 Å². The molecule has 1 fully saturated rings. The summed E-state index contributed by atoms with van der Waals surface area (Å²) in [6, 6.07) is 20.6. The van der Waals surface area contributed by atoms with Crippen LogP contribution in [0.2, 0.25) is 0 Å². The van der Waals surface area contributed by atoms with E-state index < -0.39 is 0 Å². The van der Waals surface area contributed by atoms with Gasteiger partial charge in [0, 0.05) is 50.5 Å². The highest BCUT2D eigenvalue weighted by Gasteiger charge is 2.31. The number of nitrogens with two attached hydrogens (primary N) is 1. The molecule has 4 aromatic rings. The predicted molar refractivity (Wildman–Crippen MR) is 185 cm³/mol. The average Bonchev–Trinajstić information content (AvgIpc) is 3.49. The Labute approximate surface area is 275 Å². The van der Waals surface area contributed by atoms with E-state index in [0.717, 1.165) is 57.3 Å². The number of anilines is 2. The molecule has 2 atom stereocenters. The lowest BCUT2D eigenvalue weighted by molar-refractivity contribution is -0.123. The van der Waals surface area contributed by atoms with Crippen molar-refractivity contribution >= 4 is 57.5 Å². The van der Waals surface area contributed by atoms with Gasteiger partial charge in [0.1, 0.15) is 5.82 Å². The zero-order valence-corrected chi connectivity index (χ0v) is 27.3. The zero-order chi connectivity index (χ0) is 31.5. The van der Waals surface area contributed by atoms with Gasteiger partial charge in [-0.05, 0) is 81.4 Å². The molecule has 1 aromatic heterocycles. The maximum atomic E-state index is 14.9. The molecule has 2 aliphatic rings. The number of amides is 1. The number of carbonyl (C=O) groups excluding carboxylic acids is 1. The third kappa shape index (κ3) is 6.89. The van der Waals surface area contributed by atoms with Gasteiger partial charge in [-0.25, -0.2) is 19.4 Å². The van der Waals surface area contributed by atoms with Crippen LogP contribution in [0.15, 0.2) is 82.9 Å². The molecular formula is C34H34FIN8O. The summed E-state index contributed by atoms with van der Waals surface area (Å²) in [5.41, 5.74) is 12.9. The van der Waals surface area contributed by atoms with Crippen LogP contribution in [0.4, 0.5) is 21.7 Å². The Morgan fingerprint density at radius 3 is 2.60 bits per heavy atom. The Hall–Kier alpha value is -4.23. The SMILES string of the molecule is CN(C)C1CCC(C(=O)NC(N)=Nc2ccc(Nc3ncc4c(n3)-c3ccc(CI)cc3C(c3ccccc3F)=NC4)cc2)C1. The number of nitrogens with one attached hydrogen (secondary N) is 2. The molecule has 0 bridgehead atoms. The van der Waals surface area contributed by atoms with E-state index in [0.29, 0.717) is 35.5 Å². The van der Waals surface area contributed by atoms with E-state index in [9.17, 15) is 9.18 Å². The number of aliphatic imine (C=N–C) groups is 2. The van der Waals surface area contributed by atoms with Gasteiger partial charge in [0.25, 0.3) is 0 Å². The van der Waals surface area contributed by atoms with E-state index in [-0.39, 0.29) is 23.6 Å². The highest BCUT2D eigenvalue weighted by molar-refractivity contribution is 14.1. The average molecular weight is 717 g/mol. The molecule has 0 spiro atoms. The van der Waals surface area contributed by atoms with Gasteiger partial charge in [0.15, 0.2) is 0 Å². The molecule has 6 rings (SSSR count). The van der Waals surface area contributed by atoms with Crippen molar-refractivity contribution in [2.24, 2.45) is 21.6 Å². The summed E-state index contributed by atoms with van der Waals surface area (Å²) >= 11 is 2.32. The minimum absolute atomic E-state index is 0.0587. The number of hydrogen-bond donors (Lipinski definition) is 3. The fourth-order valence-electron chi connectivity index (χ4n) is 5.83. The molecule has 11 heteroatoms. The van der Waals surface area contributed by atoms with Gasteiger partial charge >= 0.3 is 0 Å². The van der Waals surface area contributed by atoms with Crippen molar-refractivity contribution in [1.29, 1.82) is 0 Å². The second-order valence-corrected chi connectivity index (χ2v) is 12.3. The first-order valence-corrected chi connectivity index (χ1v) is 16.3. The summed E-state index contributed by atoms with van der Waals surface area (Å²) in [6.07, 6.45) is 4.43. The second kappa shape index (κ2) is 13.4. The van der Waals surface area contributed by atoms with Gasteiger partial charge in [0.2, 0.25) is 17.8 Å².